The largest absolute Gasteiger partial charge is 0.495 e. The van der Waals surface area contributed by atoms with Crippen LogP contribution < -0.4 is 20.1 Å². The van der Waals surface area contributed by atoms with Gasteiger partial charge in [0.15, 0.2) is 0 Å². The van der Waals surface area contributed by atoms with E-state index < -0.39 is 29.9 Å². The Hall–Kier alpha value is -3.26. The fourth-order valence-electron chi connectivity index (χ4n) is 4.02. The van der Waals surface area contributed by atoms with E-state index in [1.165, 1.54) is 26.4 Å². The SMILES string of the molecule is COc1cc(NC(=O)CN2C(=O)NC3(CCc4ccccc43)C2=O)c(OC)cc1Cl. The van der Waals surface area contributed by atoms with Gasteiger partial charge >= 0.3 is 6.03 Å². The molecule has 0 radical (unpaired) electrons. The Morgan fingerprint density at radius 3 is 2.67 bits per heavy atom. The highest BCUT2D eigenvalue weighted by atomic mass is 35.5. The summed E-state index contributed by atoms with van der Waals surface area (Å²) in [4.78, 5) is 39.3. The summed E-state index contributed by atoms with van der Waals surface area (Å²) in [5.74, 6) is -0.297. The van der Waals surface area contributed by atoms with E-state index in [0.29, 0.717) is 35.1 Å². The Morgan fingerprint density at radius 2 is 1.93 bits per heavy atom. The monoisotopic (exact) mass is 429 g/mol. The van der Waals surface area contributed by atoms with Crippen molar-refractivity contribution in [2.75, 3.05) is 26.1 Å². The van der Waals surface area contributed by atoms with Crippen LogP contribution in [0.2, 0.25) is 5.02 Å². The van der Waals surface area contributed by atoms with Crippen molar-refractivity contribution in [1.29, 1.82) is 0 Å². The number of hydrogen-bond acceptors (Lipinski definition) is 5. The summed E-state index contributed by atoms with van der Waals surface area (Å²) in [6, 6.07) is 9.95. The maximum Gasteiger partial charge on any atom is 0.325 e. The molecule has 2 aromatic carbocycles. The van der Waals surface area contributed by atoms with E-state index in [9.17, 15) is 14.4 Å². The third kappa shape index (κ3) is 3.13. The second kappa shape index (κ2) is 7.53. The predicted octanol–water partition coefficient (Wildman–Crippen LogP) is 2.69. The number of anilines is 1. The number of methoxy groups -OCH3 is 2. The smallest absolute Gasteiger partial charge is 0.325 e. The minimum Gasteiger partial charge on any atom is -0.495 e. The van der Waals surface area contributed by atoms with Gasteiger partial charge in [-0.1, -0.05) is 35.9 Å². The van der Waals surface area contributed by atoms with Crippen molar-refractivity contribution >= 4 is 35.1 Å². The molecule has 1 aliphatic carbocycles. The normalized spacial score (nSPS) is 19.6. The van der Waals surface area contributed by atoms with Crippen LogP contribution in [-0.2, 0) is 21.5 Å². The number of imide groups is 1. The highest BCUT2D eigenvalue weighted by molar-refractivity contribution is 6.32. The van der Waals surface area contributed by atoms with Crippen molar-refractivity contribution in [2.45, 2.75) is 18.4 Å². The van der Waals surface area contributed by atoms with E-state index in [1.807, 2.05) is 24.3 Å². The molecule has 4 amide bonds. The molecule has 2 aliphatic rings. The number of carbonyl (C=O) groups excluding carboxylic acids is 3. The number of rotatable bonds is 5. The van der Waals surface area contributed by atoms with E-state index in [2.05, 4.69) is 10.6 Å². The molecule has 8 nitrogen and oxygen atoms in total. The van der Waals surface area contributed by atoms with Crippen LogP contribution in [0, 0.1) is 0 Å². The number of nitrogens with zero attached hydrogens (tertiary/aromatic N) is 1. The standard InChI is InChI=1S/C21H20ClN3O5/c1-29-16-10-15(17(30-2)9-14(16)22)23-18(26)11-25-19(27)21(24-20(25)28)8-7-12-5-3-4-6-13(12)21/h3-6,9-10H,7-8,11H2,1-2H3,(H,23,26)(H,24,28). The predicted molar refractivity (Wildman–Crippen MR) is 110 cm³/mol. The zero-order chi connectivity index (χ0) is 21.5. The van der Waals surface area contributed by atoms with Gasteiger partial charge in [0.1, 0.15) is 23.6 Å². The summed E-state index contributed by atoms with van der Waals surface area (Å²) >= 11 is 6.08. The zero-order valence-electron chi connectivity index (χ0n) is 16.5. The molecule has 1 atom stereocenters. The first-order chi connectivity index (χ1) is 14.4. The Bertz CT molecular complexity index is 1060. The molecule has 0 saturated carbocycles. The average molecular weight is 430 g/mol. The molecule has 1 heterocycles. The van der Waals surface area contributed by atoms with Crippen LogP contribution in [-0.4, -0.2) is 43.5 Å². The molecule has 30 heavy (non-hydrogen) atoms. The van der Waals surface area contributed by atoms with E-state index in [0.717, 1.165) is 16.0 Å². The van der Waals surface area contributed by atoms with Crippen LogP contribution in [0.5, 0.6) is 11.5 Å². The summed E-state index contributed by atoms with van der Waals surface area (Å²) in [6.07, 6.45) is 1.15. The fraction of sp³-hybridized carbons (Fsp3) is 0.286. The number of urea groups is 1. The van der Waals surface area contributed by atoms with Gasteiger partial charge in [0, 0.05) is 12.1 Å². The zero-order valence-corrected chi connectivity index (χ0v) is 17.2. The van der Waals surface area contributed by atoms with Gasteiger partial charge < -0.3 is 20.1 Å². The molecule has 1 aliphatic heterocycles. The van der Waals surface area contributed by atoms with Gasteiger partial charge in [0.25, 0.3) is 5.91 Å². The third-order valence-electron chi connectivity index (χ3n) is 5.47. The summed E-state index contributed by atoms with van der Waals surface area (Å²) < 4.78 is 10.4. The summed E-state index contributed by atoms with van der Waals surface area (Å²) in [7, 11) is 2.89. The number of carbonyl (C=O) groups is 3. The van der Waals surface area contributed by atoms with Crippen LogP contribution in [0.15, 0.2) is 36.4 Å². The molecule has 156 valence electrons. The first kappa shape index (κ1) is 20.0. The summed E-state index contributed by atoms with van der Waals surface area (Å²) in [6.45, 7) is -0.428. The number of ether oxygens (including phenoxy) is 2. The minimum absolute atomic E-state index is 0.316. The van der Waals surface area contributed by atoms with E-state index in [1.54, 1.807) is 0 Å². The van der Waals surface area contributed by atoms with E-state index in [4.69, 9.17) is 21.1 Å². The van der Waals surface area contributed by atoms with Crippen LogP contribution in [0.1, 0.15) is 17.5 Å². The van der Waals surface area contributed by atoms with Crippen LogP contribution in [0.4, 0.5) is 10.5 Å². The van der Waals surface area contributed by atoms with Crippen LogP contribution in [0.3, 0.4) is 0 Å². The number of benzene rings is 2. The number of fused-ring (bicyclic) bond motifs is 2. The van der Waals surface area contributed by atoms with Crippen molar-refractivity contribution in [3.63, 3.8) is 0 Å². The van der Waals surface area contributed by atoms with Gasteiger partial charge in [0.05, 0.1) is 24.9 Å². The maximum absolute atomic E-state index is 13.2. The molecule has 0 aromatic heterocycles. The average Bonchev–Trinajstić information content (AvgIpc) is 3.22. The summed E-state index contributed by atoms with van der Waals surface area (Å²) in [5, 5.41) is 5.77. The Balaban J connectivity index is 1.54. The van der Waals surface area contributed by atoms with Gasteiger partial charge in [-0.2, -0.15) is 0 Å². The van der Waals surface area contributed by atoms with Crippen molar-refractivity contribution in [2.24, 2.45) is 0 Å². The molecule has 4 rings (SSSR count). The third-order valence-corrected chi connectivity index (χ3v) is 5.77. The lowest BCUT2D eigenvalue weighted by Gasteiger charge is -2.22. The van der Waals surface area contributed by atoms with Crippen LogP contribution in [0.25, 0.3) is 0 Å². The highest BCUT2D eigenvalue weighted by Crippen LogP contribution is 2.41. The van der Waals surface area contributed by atoms with Crippen molar-refractivity contribution in [1.82, 2.24) is 10.2 Å². The number of aryl methyl sites for hydroxylation is 1. The minimum atomic E-state index is -1.10. The van der Waals surface area contributed by atoms with Crippen molar-refractivity contribution in [3.05, 3.63) is 52.5 Å². The lowest BCUT2D eigenvalue weighted by atomic mass is 9.92. The summed E-state index contributed by atoms with van der Waals surface area (Å²) in [5.41, 5.74) is 1.03. The number of nitrogens with one attached hydrogen (secondary N) is 2. The molecule has 2 N–H and O–H groups in total. The van der Waals surface area contributed by atoms with Gasteiger partial charge in [-0.25, -0.2) is 4.79 Å². The van der Waals surface area contributed by atoms with Gasteiger partial charge in [0.2, 0.25) is 5.91 Å². The van der Waals surface area contributed by atoms with Crippen LogP contribution >= 0.6 is 11.6 Å². The number of amides is 4. The quantitative estimate of drug-likeness (QED) is 0.712. The molecule has 1 saturated heterocycles. The Morgan fingerprint density at radius 1 is 1.20 bits per heavy atom. The van der Waals surface area contributed by atoms with Gasteiger partial charge in [-0.15, -0.1) is 0 Å². The number of halogens is 1. The first-order valence-corrected chi connectivity index (χ1v) is 9.71. The van der Waals surface area contributed by atoms with E-state index >= 15 is 0 Å². The topological polar surface area (TPSA) is 97.0 Å². The van der Waals surface area contributed by atoms with Crippen molar-refractivity contribution < 1.29 is 23.9 Å². The lowest BCUT2D eigenvalue weighted by molar-refractivity contribution is -0.134. The second-order valence-corrected chi connectivity index (χ2v) is 7.53. The first-order valence-electron chi connectivity index (χ1n) is 9.33. The van der Waals surface area contributed by atoms with Gasteiger partial charge in [-0.3, -0.25) is 14.5 Å². The Kier molecular flexibility index (Phi) is 5.03. The van der Waals surface area contributed by atoms with E-state index in [-0.39, 0.29) is 0 Å². The molecule has 2 aromatic rings. The van der Waals surface area contributed by atoms with Crippen molar-refractivity contribution in [3.8, 4) is 11.5 Å². The molecule has 1 fully saturated rings. The molecule has 0 bridgehead atoms. The number of hydrogen-bond donors (Lipinski definition) is 2. The highest BCUT2D eigenvalue weighted by Gasteiger charge is 2.55. The molecular weight excluding hydrogens is 410 g/mol. The second-order valence-electron chi connectivity index (χ2n) is 7.12. The maximum atomic E-state index is 13.2. The fourth-order valence-corrected chi connectivity index (χ4v) is 4.26. The van der Waals surface area contributed by atoms with Gasteiger partial charge in [-0.05, 0) is 24.0 Å². The molecule has 9 heteroatoms. The molecule has 1 spiro atoms. The lowest BCUT2D eigenvalue weighted by Crippen LogP contribution is -2.43. The molecule has 1 unspecified atom stereocenters. The Labute approximate surface area is 178 Å². The molecular formula is C21H20ClN3O5.